The summed E-state index contributed by atoms with van der Waals surface area (Å²) < 4.78 is 40.4. The zero-order chi connectivity index (χ0) is 19.1. The quantitative estimate of drug-likeness (QED) is 0.713. The van der Waals surface area contributed by atoms with Gasteiger partial charge in [0.25, 0.3) is 5.78 Å². The van der Waals surface area contributed by atoms with E-state index in [0.717, 1.165) is 40.9 Å². The van der Waals surface area contributed by atoms with Crippen LogP contribution in [0.2, 0.25) is 0 Å². The summed E-state index contributed by atoms with van der Waals surface area (Å²) in [4.78, 5) is 17.7. The molecule has 1 saturated carbocycles. The molecule has 0 spiro atoms. The molecule has 0 bridgehead atoms. The van der Waals surface area contributed by atoms with Gasteiger partial charge in [0.2, 0.25) is 5.91 Å². The number of amides is 1. The second-order valence-corrected chi connectivity index (χ2v) is 7.60. The lowest BCUT2D eigenvalue weighted by Gasteiger charge is -2.30. The number of halogens is 3. The lowest BCUT2D eigenvalue weighted by Crippen LogP contribution is -2.46. The Balaban J connectivity index is 1.74. The van der Waals surface area contributed by atoms with Crippen LogP contribution < -0.4 is 0 Å². The highest BCUT2D eigenvalue weighted by atomic mass is 32.2. The maximum absolute atomic E-state index is 12.9. The number of nitrogens with zero attached hydrogens (tertiary/aromatic N) is 5. The Hall–Kier alpha value is -1.84. The van der Waals surface area contributed by atoms with Gasteiger partial charge in [0, 0.05) is 17.4 Å². The Morgan fingerprint density at radius 3 is 2.69 bits per heavy atom. The third-order valence-electron chi connectivity index (χ3n) is 4.45. The maximum Gasteiger partial charge on any atom is 0.406 e. The third kappa shape index (κ3) is 4.28. The third-order valence-corrected chi connectivity index (χ3v) is 5.37. The minimum Gasteiger partial charge on any atom is -0.330 e. The second kappa shape index (κ2) is 7.05. The van der Waals surface area contributed by atoms with Crippen molar-refractivity contribution in [3.05, 3.63) is 17.5 Å². The molecule has 10 heteroatoms. The highest BCUT2D eigenvalue weighted by molar-refractivity contribution is 7.99. The summed E-state index contributed by atoms with van der Waals surface area (Å²) in [5.74, 6) is -0.0897. The molecule has 2 heterocycles. The van der Waals surface area contributed by atoms with E-state index < -0.39 is 24.7 Å². The summed E-state index contributed by atoms with van der Waals surface area (Å²) in [6, 6.07) is 1.44. The van der Waals surface area contributed by atoms with Crippen LogP contribution in [-0.4, -0.2) is 54.9 Å². The molecule has 0 saturated heterocycles. The SMILES string of the molecule is Cc1cc(C)n2c(SCC(=O)N(CC(F)(F)F)[C@H](C)C3CC3)nnc2n1. The average molecular weight is 387 g/mol. The first-order chi connectivity index (χ1) is 12.2. The number of carbonyl (C=O) groups is 1. The smallest absolute Gasteiger partial charge is 0.330 e. The standard InChI is InChI=1S/C16H20F3N5OS/c1-9-6-10(2)24-14(20-9)21-22-15(24)26-7-13(25)23(8-16(17,18)19)11(3)12-4-5-12/h6,11-12H,4-5,7-8H2,1-3H3/t11-/m1/s1. The normalized spacial score (nSPS) is 16.1. The first-order valence-electron chi connectivity index (χ1n) is 8.34. The van der Waals surface area contributed by atoms with E-state index in [1.165, 1.54) is 0 Å². The lowest BCUT2D eigenvalue weighted by atomic mass is 10.2. The molecule has 0 radical (unpaired) electrons. The fourth-order valence-corrected chi connectivity index (χ4v) is 3.86. The van der Waals surface area contributed by atoms with Gasteiger partial charge >= 0.3 is 6.18 Å². The van der Waals surface area contributed by atoms with Gasteiger partial charge in [0.15, 0.2) is 5.16 Å². The van der Waals surface area contributed by atoms with Gasteiger partial charge in [-0.05, 0) is 45.6 Å². The number of aryl methyl sites for hydroxylation is 2. The van der Waals surface area contributed by atoms with Gasteiger partial charge in [0.1, 0.15) is 6.54 Å². The van der Waals surface area contributed by atoms with E-state index in [9.17, 15) is 18.0 Å². The van der Waals surface area contributed by atoms with Crippen molar-refractivity contribution in [1.29, 1.82) is 0 Å². The number of carbonyl (C=O) groups excluding carboxylic acids is 1. The molecule has 142 valence electrons. The Labute approximate surface area is 153 Å². The predicted octanol–water partition coefficient (Wildman–Crippen LogP) is 3.02. The first-order valence-corrected chi connectivity index (χ1v) is 9.32. The molecular weight excluding hydrogens is 367 g/mol. The largest absolute Gasteiger partial charge is 0.406 e. The zero-order valence-corrected chi connectivity index (χ0v) is 15.6. The number of thioether (sulfide) groups is 1. The molecule has 1 aliphatic rings. The molecule has 6 nitrogen and oxygen atoms in total. The van der Waals surface area contributed by atoms with E-state index in [4.69, 9.17) is 0 Å². The van der Waals surface area contributed by atoms with Crippen molar-refractivity contribution in [3.8, 4) is 0 Å². The number of hydrogen-bond donors (Lipinski definition) is 0. The fraction of sp³-hybridized carbons (Fsp3) is 0.625. The molecule has 2 aromatic rings. The first kappa shape index (κ1) is 18.9. The minimum absolute atomic E-state index is 0.124. The van der Waals surface area contributed by atoms with Crippen molar-refractivity contribution in [1.82, 2.24) is 24.5 Å². The molecule has 3 rings (SSSR count). The average Bonchev–Trinajstić information content (AvgIpc) is 3.30. The molecule has 1 fully saturated rings. The summed E-state index contributed by atoms with van der Waals surface area (Å²) in [5.41, 5.74) is 1.65. The summed E-state index contributed by atoms with van der Waals surface area (Å²) in [7, 11) is 0. The Kier molecular flexibility index (Phi) is 5.14. The van der Waals surface area contributed by atoms with E-state index in [1.807, 2.05) is 19.9 Å². The van der Waals surface area contributed by atoms with Crippen molar-refractivity contribution in [2.45, 2.75) is 51.0 Å². The van der Waals surface area contributed by atoms with Crippen molar-refractivity contribution >= 4 is 23.4 Å². The topological polar surface area (TPSA) is 63.4 Å². The van der Waals surface area contributed by atoms with E-state index in [1.54, 1.807) is 11.3 Å². The minimum atomic E-state index is -4.41. The number of alkyl halides is 3. The zero-order valence-electron chi connectivity index (χ0n) is 14.7. The summed E-state index contributed by atoms with van der Waals surface area (Å²) in [5, 5.41) is 8.44. The molecular formula is C16H20F3N5OS. The Morgan fingerprint density at radius 1 is 1.38 bits per heavy atom. The van der Waals surface area contributed by atoms with Crippen LogP contribution in [0.4, 0.5) is 13.2 Å². The van der Waals surface area contributed by atoms with Crippen LogP contribution in [0.1, 0.15) is 31.2 Å². The molecule has 0 N–H and O–H groups in total. The molecule has 1 amide bonds. The lowest BCUT2D eigenvalue weighted by molar-refractivity contribution is -0.164. The van der Waals surface area contributed by atoms with Crippen LogP contribution in [0.25, 0.3) is 5.78 Å². The van der Waals surface area contributed by atoms with E-state index >= 15 is 0 Å². The van der Waals surface area contributed by atoms with Gasteiger partial charge in [-0.1, -0.05) is 11.8 Å². The Bertz CT molecular complexity index is 818. The van der Waals surface area contributed by atoms with Crippen LogP contribution in [0, 0.1) is 19.8 Å². The summed E-state index contributed by atoms with van der Waals surface area (Å²) in [6.07, 6.45) is -2.67. The Morgan fingerprint density at radius 2 is 2.08 bits per heavy atom. The van der Waals surface area contributed by atoms with Crippen molar-refractivity contribution in [2.75, 3.05) is 12.3 Å². The number of rotatable bonds is 6. The van der Waals surface area contributed by atoms with E-state index in [2.05, 4.69) is 15.2 Å². The van der Waals surface area contributed by atoms with Crippen LogP contribution in [0.5, 0.6) is 0 Å². The van der Waals surface area contributed by atoms with E-state index in [0.29, 0.717) is 10.9 Å². The van der Waals surface area contributed by atoms with Crippen LogP contribution in [0.3, 0.4) is 0 Å². The molecule has 1 atom stereocenters. The molecule has 0 aromatic carbocycles. The highest BCUT2D eigenvalue weighted by Crippen LogP contribution is 2.36. The molecule has 2 aromatic heterocycles. The number of fused-ring (bicyclic) bond motifs is 1. The number of hydrogen-bond acceptors (Lipinski definition) is 5. The summed E-state index contributed by atoms with van der Waals surface area (Å²) in [6.45, 7) is 4.17. The van der Waals surface area contributed by atoms with Crippen molar-refractivity contribution < 1.29 is 18.0 Å². The van der Waals surface area contributed by atoms with Crippen molar-refractivity contribution in [2.24, 2.45) is 5.92 Å². The van der Waals surface area contributed by atoms with Gasteiger partial charge in [-0.15, -0.1) is 10.2 Å². The second-order valence-electron chi connectivity index (χ2n) is 6.66. The molecule has 0 aliphatic heterocycles. The van der Waals surface area contributed by atoms with Gasteiger partial charge < -0.3 is 4.90 Å². The molecule has 26 heavy (non-hydrogen) atoms. The van der Waals surface area contributed by atoms with Crippen molar-refractivity contribution in [3.63, 3.8) is 0 Å². The predicted molar refractivity (Wildman–Crippen MR) is 90.9 cm³/mol. The highest BCUT2D eigenvalue weighted by Gasteiger charge is 2.40. The van der Waals surface area contributed by atoms with Crippen LogP contribution in [0.15, 0.2) is 11.2 Å². The van der Waals surface area contributed by atoms with Crippen LogP contribution >= 0.6 is 11.8 Å². The maximum atomic E-state index is 12.9. The molecule has 0 unspecified atom stereocenters. The van der Waals surface area contributed by atoms with Crippen LogP contribution in [-0.2, 0) is 4.79 Å². The fourth-order valence-electron chi connectivity index (χ4n) is 2.99. The molecule has 1 aliphatic carbocycles. The van der Waals surface area contributed by atoms with E-state index in [-0.39, 0.29) is 11.7 Å². The van der Waals surface area contributed by atoms with Gasteiger partial charge in [-0.3, -0.25) is 9.20 Å². The van der Waals surface area contributed by atoms with Gasteiger partial charge in [-0.2, -0.15) is 13.2 Å². The number of aromatic nitrogens is 4. The monoisotopic (exact) mass is 387 g/mol. The van der Waals surface area contributed by atoms with Gasteiger partial charge in [-0.25, -0.2) is 4.98 Å². The van der Waals surface area contributed by atoms with Gasteiger partial charge in [0.05, 0.1) is 5.75 Å². The summed E-state index contributed by atoms with van der Waals surface area (Å²) >= 11 is 1.08.